The molecule has 0 aliphatic rings. The van der Waals surface area contributed by atoms with Crippen molar-refractivity contribution in [3.05, 3.63) is 78.0 Å². The van der Waals surface area contributed by atoms with Gasteiger partial charge in [0.2, 0.25) is 0 Å². The number of aliphatic imine (C=N–C) groups is 1. The van der Waals surface area contributed by atoms with Crippen molar-refractivity contribution >= 4 is 29.9 Å². The second-order valence-electron chi connectivity index (χ2n) is 5.41. The number of hydrogen-bond acceptors (Lipinski definition) is 3. The summed E-state index contributed by atoms with van der Waals surface area (Å²) >= 11 is 0. The molecule has 0 radical (unpaired) electrons. The molecule has 5 nitrogen and oxygen atoms in total. The Balaban J connectivity index is 0.00000225. The minimum Gasteiger partial charge on any atom is -0.370 e. The number of guanidine groups is 1. The van der Waals surface area contributed by atoms with Crippen molar-refractivity contribution in [2.75, 3.05) is 6.54 Å². The molecule has 0 spiro atoms. The van der Waals surface area contributed by atoms with Crippen LogP contribution in [-0.4, -0.2) is 17.7 Å². The first-order chi connectivity index (χ1) is 11.8. The second kappa shape index (κ2) is 9.83. The van der Waals surface area contributed by atoms with Crippen molar-refractivity contribution in [2.24, 2.45) is 10.7 Å². The van der Waals surface area contributed by atoms with E-state index in [0.717, 1.165) is 30.0 Å². The molecule has 0 saturated heterocycles. The molecular formula is C19H21IN4O. The lowest BCUT2D eigenvalue weighted by Crippen LogP contribution is -2.33. The molecule has 130 valence electrons. The van der Waals surface area contributed by atoms with Gasteiger partial charge in [0.05, 0.1) is 6.54 Å². The van der Waals surface area contributed by atoms with Gasteiger partial charge in [-0.15, -0.1) is 24.0 Å². The van der Waals surface area contributed by atoms with Gasteiger partial charge in [0, 0.05) is 18.2 Å². The zero-order valence-electron chi connectivity index (χ0n) is 13.8. The summed E-state index contributed by atoms with van der Waals surface area (Å²) in [5, 5.41) is 7.14. The zero-order valence-corrected chi connectivity index (χ0v) is 16.1. The van der Waals surface area contributed by atoms with Crippen LogP contribution in [0.25, 0.3) is 11.3 Å². The first kappa shape index (κ1) is 19.0. The molecule has 2 aromatic carbocycles. The summed E-state index contributed by atoms with van der Waals surface area (Å²) in [4.78, 5) is 4.29. The number of nitrogens with one attached hydrogen (secondary N) is 1. The topological polar surface area (TPSA) is 76.4 Å². The summed E-state index contributed by atoms with van der Waals surface area (Å²) in [7, 11) is 0. The van der Waals surface area contributed by atoms with Crippen molar-refractivity contribution in [3.8, 4) is 11.3 Å². The van der Waals surface area contributed by atoms with Crippen LogP contribution in [0, 0.1) is 0 Å². The third-order valence-electron chi connectivity index (χ3n) is 3.59. The maximum absolute atomic E-state index is 5.88. The summed E-state index contributed by atoms with van der Waals surface area (Å²) in [6.07, 6.45) is 0.902. The Hall–Kier alpha value is -2.35. The molecule has 0 atom stereocenters. The van der Waals surface area contributed by atoms with Gasteiger partial charge in [-0.2, -0.15) is 0 Å². The number of benzene rings is 2. The molecular weight excluding hydrogens is 427 g/mol. The number of halogens is 1. The fourth-order valence-corrected chi connectivity index (χ4v) is 2.33. The summed E-state index contributed by atoms with van der Waals surface area (Å²) < 4.78 is 5.34. The molecule has 0 bridgehead atoms. The summed E-state index contributed by atoms with van der Waals surface area (Å²) in [5.41, 5.74) is 8.90. The lowest BCUT2D eigenvalue weighted by atomic mass is 10.1. The van der Waals surface area contributed by atoms with Crippen molar-refractivity contribution in [3.63, 3.8) is 0 Å². The Morgan fingerprint density at radius 1 is 1.04 bits per heavy atom. The maximum atomic E-state index is 5.88. The van der Waals surface area contributed by atoms with Gasteiger partial charge in [0.15, 0.2) is 11.7 Å². The van der Waals surface area contributed by atoms with E-state index in [4.69, 9.17) is 10.3 Å². The smallest absolute Gasteiger partial charge is 0.188 e. The van der Waals surface area contributed by atoms with Crippen molar-refractivity contribution in [2.45, 2.75) is 13.0 Å². The standard InChI is InChI=1S/C19H20N4O.HI/c20-19(21-12-11-15-7-3-1-4-8-15)22-14-17-13-18(24-23-17)16-9-5-2-6-10-16;/h1-10,13H,11-12,14H2,(H3,20,21,22);1H. The molecule has 0 saturated carbocycles. The fraction of sp³-hybridized carbons (Fsp3) is 0.158. The van der Waals surface area contributed by atoms with Crippen LogP contribution in [0.4, 0.5) is 0 Å². The van der Waals surface area contributed by atoms with Crippen LogP contribution in [0.2, 0.25) is 0 Å². The molecule has 25 heavy (non-hydrogen) atoms. The van der Waals surface area contributed by atoms with Crippen LogP contribution in [0.1, 0.15) is 11.3 Å². The molecule has 3 aromatic rings. The Bertz CT molecular complexity index is 787. The first-order valence-electron chi connectivity index (χ1n) is 7.90. The van der Waals surface area contributed by atoms with Crippen LogP contribution in [0.3, 0.4) is 0 Å². The predicted octanol–water partition coefficient (Wildman–Crippen LogP) is 3.61. The van der Waals surface area contributed by atoms with E-state index < -0.39 is 0 Å². The van der Waals surface area contributed by atoms with Gasteiger partial charge >= 0.3 is 0 Å². The second-order valence-corrected chi connectivity index (χ2v) is 5.41. The summed E-state index contributed by atoms with van der Waals surface area (Å²) in [6.45, 7) is 1.13. The predicted molar refractivity (Wildman–Crippen MR) is 111 cm³/mol. The third-order valence-corrected chi connectivity index (χ3v) is 3.59. The van der Waals surface area contributed by atoms with Crippen LogP contribution < -0.4 is 11.1 Å². The van der Waals surface area contributed by atoms with E-state index in [1.54, 1.807) is 0 Å². The number of hydrogen-bond donors (Lipinski definition) is 2. The monoisotopic (exact) mass is 448 g/mol. The highest BCUT2D eigenvalue weighted by molar-refractivity contribution is 14.0. The molecule has 0 aliphatic heterocycles. The van der Waals surface area contributed by atoms with Gasteiger partial charge in [0.25, 0.3) is 0 Å². The van der Waals surface area contributed by atoms with Gasteiger partial charge in [-0.3, -0.25) is 0 Å². The molecule has 0 aliphatic carbocycles. The Labute approximate surface area is 164 Å². The number of nitrogens with two attached hydrogens (primary N) is 1. The normalized spacial score (nSPS) is 11.0. The minimum absolute atomic E-state index is 0. The molecule has 1 aromatic heterocycles. The highest BCUT2D eigenvalue weighted by Gasteiger charge is 2.05. The number of rotatable bonds is 6. The number of nitrogens with zero attached hydrogens (tertiary/aromatic N) is 2. The minimum atomic E-state index is 0. The van der Waals surface area contributed by atoms with Gasteiger partial charge in [-0.25, -0.2) is 4.99 Å². The van der Waals surface area contributed by atoms with Crippen molar-refractivity contribution < 1.29 is 4.52 Å². The molecule has 0 fully saturated rings. The van der Waals surface area contributed by atoms with E-state index >= 15 is 0 Å². The molecule has 3 N–H and O–H groups in total. The van der Waals surface area contributed by atoms with E-state index in [1.165, 1.54) is 5.56 Å². The lowest BCUT2D eigenvalue weighted by molar-refractivity contribution is 0.424. The third kappa shape index (κ3) is 5.90. The van der Waals surface area contributed by atoms with E-state index in [1.807, 2.05) is 54.6 Å². The Morgan fingerprint density at radius 2 is 1.72 bits per heavy atom. The average molecular weight is 448 g/mol. The van der Waals surface area contributed by atoms with Gasteiger partial charge in [0.1, 0.15) is 5.69 Å². The van der Waals surface area contributed by atoms with E-state index in [2.05, 4.69) is 27.6 Å². The maximum Gasteiger partial charge on any atom is 0.188 e. The van der Waals surface area contributed by atoms with Gasteiger partial charge in [-0.1, -0.05) is 65.8 Å². The van der Waals surface area contributed by atoms with E-state index in [0.29, 0.717) is 12.5 Å². The van der Waals surface area contributed by atoms with E-state index in [-0.39, 0.29) is 24.0 Å². The highest BCUT2D eigenvalue weighted by Crippen LogP contribution is 2.19. The highest BCUT2D eigenvalue weighted by atomic mass is 127. The van der Waals surface area contributed by atoms with E-state index in [9.17, 15) is 0 Å². The zero-order chi connectivity index (χ0) is 16.6. The molecule has 0 unspecified atom stereocenters. The van der Waals surface area contributed by atoms with Gasteiger partial charge < -0.3 is 15.6 Å². The SMILES string of the molecule is I.NC(=NCc1cc(-c2ccccc2)on1)NCCc1ccccc1. The molecule has 1 heterocycles. The molecule has 3 rings (SSSR count). The van der Waals surface area contributed by atoms with Gasteiger partial charge in [-0.05, 0) is 12.0 Å². The van der Waals surface area contributed by atoms with Crippen LogP contribution in [-0.2, 0) is 13.0 Å². The summed E-state index contributed by atoms with van der Waals surface area (Å²) in [5.74, 6) is 1.15. The largest absolute Gasteiger partial charge is 0.370 e. The molecule has 6 heteroatoms. The Kier molecular flexibility index (Phi) is 7.46. The van der Waals surface area contributed by atoms with Crippen LogP contribution in [0.15, 0.2) is 76.2 Å². The Morgan fingerprint density at radius 3 is 2.44 bits per heavy atom. The van der Waals surface area contributed by atoms with Crippen molar-refractivity contribution in [1.29, 1.82) is 0 Å². The quantitative estimate of drug-likeness (QED) is 0.343. The molecule has 0 amide bonds. The summed E-state index contributed by atoms with van der Waals surface area (Å²) in [6, 6.07) is 22.0. The van der Waals surface area contributed by atoms with Crippen LogP contribution in [0.5, 0.6) is 0 Å². The first-order valence-corrected chi connectivity index (χ1v) is 7.90. The number of aromatic nitrogens is 1. The average Bonchev–Trinajstić information content (AvgIpc) is 3.11. The lowest BCUT2D eigenvalue weighted by Gasteiger charge is -2.05. The van der Waals surface area contributed by atoms with Crippen molar-refractivity contribution in [1.82, 2.24) is 10.5 Å². The fourth-order valence-electron chi connectivity index (χ4n) is 2.33. The van der Waals surface area contributed by atoms with Crippen LogP contribution >= 0.6 is 24.0 Å².